The summed E-state index contributed by atoms with van der Waals surface area (Å²) in [6.45, 7) is 4.17. The van der Waals surface area contributed by atoms with Gasteiger partial charge in [-0.3, -0.25) is 19.3 Å². The molecule has 262 valence electrons. The summed E-state index contributed by atoms with van der Waals surface area (Å²) < 4.78 is 38.5. The number of benzene rings is 1. The van der Waals surface area contributed by atoms with E-state index in [1.807, 2.05) is 12.2 Å². The fourth-order valence-corrected chi connectivity index (χ4v) is 6.66. The van der Waals surface area contributed by atoms with E-state index in [2.05, 4.69) is 16.0 Å². The highest BCUT2D eigenvalue weighted by molar-refractivity contribution is 5.98. The highest BCUT2D eigenvalue weighted by atomic mass is 19.1. The highest BCUT2D eigenvalue weighted by Crippen LogP contribution is 2.45. The molecule has 14 heteroatoms. The van der Waals surface area contributed by atoms with E-state index in [0.717, 1.165) is 19.3 Å². The van der Waals surface area contributed by atoms with Crippen LogP contribution in [-0.4, -0.2) is 88.8 Å². The molecule has 4 aliphatic rings. The minimum absolute atomic E-state index is 0.0212. The Morgan fingerprint density at radius 3 is 2.65 bits per heavy atom. The van der Waals surface area contributed by atoms with E-state index in [9.17, 15) is 32.8 Å². The molecule has 0 spiro atoms. The summed E-state index contributed by atoms with van der Waals surface area (Å²) in [5.41, 5.74) is -1.05. The summed E-state index contributed by atoms with van der Waals surface area (Å²) in [6, 6.07) is 2.46. The molecule has 0 radical (unpaired) electrons. The number of carbonyl (C=O) groups excluding carboxylic acids is 5. The Balaban J connectivity index is 1.38. The van der Waals surface area contributed by atoms with Crippen molar-refractivity contribution in [1.29, 1.82) is 0 Å². The molecule has 1 aliphatic carbocycles. The first-order chi connectivity index (χ1) is 22.8. The molecular weight excluding hydrogens is 628 g/mol. The molecule has 0 aromatic heterocycles. The first kappa shape index (κ1) is 35.1. The Morgan fingerprint density at radius 2 is 1.92 bits per heavy atom. The van der Waals surface area contributed by atoms with E-state index in [0.29, 0.717) is 24.0 Å². The smallest absolute Gasteiger partial charge is 0.410 e. The van der Waals surface area contributed by atoms with Gasteiger partial charge in [0, 0.05) is 31.0 Å². The molecule has 1 saturated heterocycles. The van der Waals surface area contributed by atoms with Crippen LogP contribution in [0.3, 0.4) is 0 Å². The summed E-state index contributed by atoms with van der Waals surface area (Å²) in [6.07, 6.45) is 4.86. The second-order valence-corrected chi connectivity index (χ2v) is 14.0. The third-order valence-corrected chi connectivity index (χ3v) is 9.17. The van der Waals surface area contributed by atoms with E-state index in [1.54, 1.807) is 32.9 Å². The zero-order chi connectivity index (χ0) is 34.6. The number of carbonyl (C=O) groups is 5. The molecule has 12 nitrogen and oxygen atoms in total. The molecule has 5 rings (SSSR count). The maximum Gasteiger partial charge on any atom is 0.410 e. The van der Waals surface area contributed by atoms with Crippen LogP contribution in [0.2, 0.25) is 0 Å². The number of rotatable bonds is 5. The molecular formula is C34H45F2N5O7. The van der Waals surface area contributed by atoms with E-state index < -0.39 is 71.7 Å². The van der Waals surface area contributed by atoms with Crippen LogP contribution < -0.4 is 16.0 Å². The predicted molar refractivity (Wildman–Crippen MR) is 169 cm³/mol. The second-order valence-electron chi connectivity index (χ2n) is 14.0. The molecule has 1 aromatic carbocycles. The van der Waals surface area contributed by atoms with Crippen molar-refractivity contribution < 1.29 is 42.2 Å². The van der Waals surface area contributed by atoms with E-state index in [-0.39, 0.29) is 44.9 Å². The predicted octanol–water partition coefficient (Wildman–Crippen LogP) is 3.62. The third-order valence-electron chi connectivity index (χ3n) is 9.17. The number of alkyl halides is 1. The fourth-order valence-electron chi connectivity index (χ4n) is 6.66. The van der Waals surface area contributed by atoms with Crippen LogP contribution in [0.15, 0.2) is 30.4 Å². The summed E-state index contributed by atoms with van der Waals surface area (Å²) in [5, 5.41) is 8.06. The first-order valence-corrected chi connectivity index (χ1v) is 16.7. The summed E-state index contributed by atoms with van der Waals surface area (Å²) >= 11 is 0. The van der Waals surface area contributed by atoms with Gasteiger partial charge in [-0.2, -0.15) is 0 Å². The number of hydrogen-bond acceptors (Lipinski definition) is 7. The number of allylic oxidation sites excluding steroid dienone is 1. The molecule has 3 aliphatic heterocycles. The van der Waals surface area contributed by atoms with Crippen molar-refractivity contribution >= 4 is 29.9 Å². The Morgan fingerprint density at radius 1 is 1.12 bits per heavy atom. The molecule has 1 aromatic rings. The molecule has 3 N–H and O–H groups in total. The third kappa shape index (κ3) is 8.07. The van der Waals surface area contributed by atoms with Crippen molar-refractivity contribution in [1.82, 2.24) is 25.8 Å². The van der Waals surface area contributed by atoms with Crippen LogP contribution in [0.5, 0.6) is 0 Å². The van der Waals surface area contributed by atoms with Crippen LogP contribution >= 0.6 is 0 Å². The molecule has 3 heterocycles. The largest absolute Gasteiger partial charge is 0.444 e. The molecule has 5 amide bonds. The van der Waals surface area contributed by atoms with Gasteiger partial charge >= 0.3 is 12.2 Å². The van der Waals surface area contributed by atoms with E-state index in [1.165, 1.54) is 15.9 Å². The second kappa shape index (κ2) is 14.5. The average Bonchev–Trinajstić information content (AvgIpc) is 3.33. The maximum atomic E-state index is 14.3. The van der Waals surface area contributed by atoms with Crippen LogP contribution in [0, 0.1) is 11.7 Å². The van der Waals surface area contributed by atoms with Gasteiger partial charge in [-0.05, 0) is 58.1 Å². The number of alkyl carbamates (subject to hydrolysis) is 1. The van der Waals surface area contributed by atoms with Crippen molar-refractivity contribution in [3.8, 4) is 0 Å². The van der Waals surface area contributed by atoms with Gasteiger partial charge in [-0.15, -0.1) is 0 Å². The standard InChI is InChI=1S/C34H45F2N5O7/c1-33(2,3)48-31(45)38-26-13-8-6-4-5-7-11-22-17-34(22,30(44)37-15-14-35)39-28(42)27-16-23(19-41(27)29(26)43)47-32(46)40-18-21-10-9-12-25(36)24(21)20-40/h7,9-12,22-23,26-27H,4-6,8,13-20H2,1-3H3,(H,37,44)(H,38,45)(H,39,42)/b11-7-/t22?,23-,26+,27+,34-/m1/s1. The van der Waals surface area contributed by atoms with Crippen LogP contribution in [0.4, 0.5) is 18.4 Å². The normalized spacial score (nSPS) is 28.1. The summed E-state index contributed by atoms with van der Waals surface area (Å²) in [7, 11) is 0. The number of hydrogen-bond donors (Lipinski definition) is 3. The van der Waals surface area contributed by atoms with Crippen LogP contribution in [-0.2, 0) is 36.9 Å². The van der Waals surface area contributed by atoms with Crippen molar-refractivity contribution in [3.05, 3.63) is 47.3 Å². The lowest BCUT2D eigenvalue weighted by molar-refractivity contribution is -0.141. The summed E-state index contributed by atoms with van der Waals surface area (Å²) in [4.78, 5) is 70.1. The number of ether oxygens (including phenoxy) is 2. The van der Waals surface area contributed by atoms with Crippen LogP contribution in [0.25, 0.3) is 0 Å². The first-order valence-electron chi connectivity index (χ1n) is 16.7. The van der Waals surface area contributed by atoms with Crippen molar-refractivity contribution in [2.24, 2.45) is 5.92 Å². The molecule has 48 heavy (non-hydrogen) atoms. The van der Waals surface area contributed by atoms with Crippen LogP contribution in [0.1, 0.15) is 76.8 Å². The molecule has 0 bridgehead atoms. The van der Waals surface area contributed by atoms with Gasteiger partial charge in [0.25, 0.3) is 0 Å². The van der Waals surface area contributed by atoms with Crippen molar-refractivity contribution in [3.63, 3.8) is 0 Å². The van der Waals surface area contributed by atoms with Crippen molar-refractivity contribution in [2.45, 2.75) is 108 Å². The lowest BCUT2D eigenvalue weighted by Gasteiger charge is -2.30. The lowest BCUT2D eigenvalue weighted by Crippen LogP contribution is -2.58. The van der Waals surface area contributed by atoms with Gasteiger partial charge in [0.05, 0.1) is 13.1 Å². The number of nitrogens with zero attached hydrogens (tertiary/aromatic N) is 2. The van der Waals surface area contributed by atoms with Gasteiger partial charge < -0.3 is 30.3 Å². The van der Waals surface area contributed by atoms with Gasteiger partial charge in [-0.25, -0.2) is 18.4 Å². The number of nitrogens with one attached hydrogen (secondary N) is 3. The van der Waals surface area contributed by atoms with Gasteiger partial charge in [0.2, 0.25) is 17.7 Å². The summed E-state index contributed by atoms with van der Waals surface area (Å²) in [5.74, 6) is -2.43. The average molecular weight is 674 g/mol. The Labute approximate surface area is 278 Å². The SMILES string of the molecule is CC(C)(C)OC(=O)N[C@H]1CCCCC/C=C\C2C[C@@]2(C(=O)NCCF)NC(=O)[C@@H]2C[C@@H](OC(=O)N3Cc4cccc(F)c4C3)CN2C1=O. The Hall–Kier alpha value is -4.23. The molecule has 2 fully saturated rings. The van der Waals surface area contributed by atoms with Gasteiger partial charge in [0.1, 0.15) is 41.8 Å². The number of amides is 5. The zero-order valence-corrected chi connectivity index (χ0v) is 27.7. The maximum absolute atomic E-state index is 14.3. The monoisotopic (exact) mass is 673 g/mol. The molecule has 5 atom stereocenters. The van der Waals surface area contributed by atoms with Gasteiger partial charge in [0.15, 0.2) is 0 Å². The Kier molecular flexibility index (Phi) is 10.6. The fraction of sp³-hybridized carbons (Fsp3) is 0.618. The van der Waals surface area contributed by atoms with Gasteiger partial charge in [-0.1, -0.05) is 37.1 Å². The molecule has 1 saturated carbocycles. The van der Waals surface area contributed by atoms with E-state index in [4.69, 9.17) is 9.47 Å². The highest BCUT2D eigenvalue weighted by Gasteiger charge is 2.61. The topological polar surface area (TPSA) is 146 Å². The lowest BCUT2D eigenvalue weighted by atomic mass is 10.0. The minimum atomic E-state index is -1.31. The zero-order valence-electron chi connectivity index (χ0n) is 27.7. The quantitative estimate of drug-likeness (QED) is 0.405. The number of halogens is 2. The Bertz CT molecular complexity index is 1450. The molecule has 1 unspecified atom stereocenters. The number of fused-ring (bicyclic) bond motifs is 3. The minimum Gasteiger partial charge on any atom is -0.444 e. The van der Waals surface area contributed by atoms with Crippen molar-refractivity contribution in [2.75, 3.05) is 19.8 Å². The van der Waals surface area contributed by atoms with E-state index >= 15 is 0 Å².